The van der Waals surface area contributed by atoms with Crippen LogP contribution in [0.15, 0.2) is 42.9 Å². The summed E-state index contributed by atoms with van der Waals surface area (Å²) < 4.78 is 0. The zero-order chi connectivity index (χ0) is 28.1. The molecule has 4 atom stereocenters. The average Bonchev–Trinajstić information content (AvgIpc) is 3.38. The molecule has 0 fully saturated rings. The monoisotopic (exact) mass is 548 g/mol. The zero-order valence-corrected chi connectivity index (χ0v) is 21.6. The molecule has 0 bridgehead atoms. The Hall–Kier alpha value is -3.91. The third-order valence-corrected chi connectivity index (χ3v) is 6.13. The van der Waals surface area contributed by atoms with Gasteiger partial charge in [0.05, 0.1) is 18.8 Å². The van der Waals surface area contributed by atoms with E-state index in [0.29, 0.717) is 17.0 Å². The second kappa shape index (κ2) is 15.4. The Balaban J connectivity index is 2.17. The van der Waals surface area contributed by atoms with Gasteiger partial charge in [0.2, 0.25) is 17.7 Å². The van der Waals surface area contributed by atoms with Gasteiger partial charge in [-0.25, -0.2) is 9.78 Å². The molecule has 38 heavy (non-hydrogen) atoms. The number of nitrogens with zero attached hydrogens (tertiary/aromatic N) is 1. The van der Waals surface area contributed by atoms with Crippen LogP contribution in [0, 0.1) is 0 Å². The molecule has 0 radical (unpaired) electrons. The first-order valence-corrected chi connectivity index (χ1v) is 13.1. The number of amides is 3. The van der Waals surface area contributed by atoms with Crippen molar-refractivity contribution in [3.8, 4) is 0 Å². The predicted octanol–water partition coefficient (Wildman–Crippen LogP) is -0.711. The van der Waals surface area contributed by atoms with Crippen LogP contribution < -0.4 is 21.7 Å². The van der Waals surface area contributed by atoms with E-state index in [4.69, 9.17) is 10.8 Å². The van der Waals surface area contributed by atoms with Crippen molar-refractivity contribution in [2.24, 2.45) is 5.73 Å². The number of thioether (sulfide) groups is 1. The number of aromatic nitrogens is 2. The Morgan fingerprint density at radius 3 is 2.16 bits per heavy atom. The minimum absolute atomic E-state index is 0.0417. The van der Waals surface area contributed by atoms with E-state index in [-0.39, 0.29) is 19.3 Å². The van der Waals surface area contributed by atoms with Crippen molar-refractivity contribution in [1.29, 1.82) is 0 Å². The van der Waals surface area contributed by atoms with Crippen molar-refractivity contribution in [3.05, 3.63) is 54.1 Å². The summed E-state index contributed by atoms with van der Waals surface area (Å²) >= 11 is 1.43. The van der Waals surface area contributed by atoms with Crippen molar-refractivity contribution < 1.29 is 34.2 Å². The second-order valence-electron chi connectivity index (χ2n) is 8.48. The molecule has 206 valence electrons. The number of carbonyl (C=O) groups excluding carboxylic acids is 3. The average molecular weight is 549 g/mol. The van der Waals surface area contributed by atoms with Crippen LogP contribution in [-0.2, 0) is 36.8 Å². The minimum Gasteiger partial charge on any atom is -0.481 e. The number of imidazole rings is 1. The summed E-state index contributed by atoms with van der Waals surface area (Å²) in [6.07, 6.45) is 4.21. The van der Waals surface area contributed by atoms with Crippen LogP contribution in [0.3, 0.4) is 0 Å². The van der Waals surface area contributed by atoms with Crippen molar-refractivity contribution in [2.75, 3.05) is 12.0 Å². The van der Waals surface area contributed by atoms with Gasteiger partial charge in [-0.05, 0) is 24.0 Å². The van der Waals surface area contributed by atoms with Gasteiger partial charge in [-0.2, -0.15) is 11.8 Å². The highest BCUT2D eigenvalue weighted by Crippen LogP contribution is 2.08. The highest BCUT2D eigenvalue weighted by molar-refractivity contribution is 7.98. The van der Waals surface area contributed by atoms with Gasteiger partial charge in [-0.15, -0.1) is 0 Å². The van der Waals surface area contributed by atoms with Crippen LogP contribution in [-0.4, -0.2) is 86.0 Å². The fourth-order valence-corrected chi connectivity index (χ4v) is 3.96. The molecule has 0 aliphatic rings. The fourth-order valence-electron chi connectivity index (χ4n) is 3.48. The molecule has 14 heteroatoms. The topological polar surface area (TPSA) is 217 Å². The lowest BCUT2D eigenvalue weighted by atomic mass is 10.0. The zero-order valence-electron chi connectivity index (χ0n) is 20.8. The maximum absolute atomic E-state index is 13.2. The smallest absolute Gasteiger partial charge is 0.326 e. The molecule has 1 aromatic heterocycles. The molecular weight excluding hydrogens is 516 g/mol. The van der Waals surface area contributed by atoms with Crippen LogP contribution in [0.2, 0.25) is 0 Å². The van der Waals surface area contributed by atoms with Gasteiger partial charge in [0.1, 0.15) is 18.1 Å². The fraction of sp³-hybridized carbons (Fsp3) is 0.417. The largest absolute Gasteiger partial charge is 0.481 e. The first-order valence-electron chi connectivity index (χ1n) is 11.7. The number of carboxylic acids is 2. The standard InChI is InChI=1S/C24H32N6O7S/c1-38-8-7-17(22(34)30-19(24(36)37)9-14-5-3-2-4-6-14)28-23(35)18(10-15-12-26-13-27-15)29-21(33)16(25)11-20(31)32/h2-6,12-13,16-19H,7-11,25H2,1H3,(H,26,27)(H,28,35)(H,29,33)(H,30,34)(H,31,32)(H,36,37). The van der Waals surface area contributed by atoms with Gasteiger partial charge in [-0.1, -0.05) is 30.3 Å². The van der Waals surface area contributed by atoms with Gasteiger partial charge in [0, 0.05) is 24.7 Å². The van der Waals surface area contributed by atoms with Crippen molar-refractivity contribution in [2.45, 2.75) is 49.9 Å². The van der Waals surface area contributed by atoms with E-state index >= 15 is 0 Å². The Morgan fingerprint density at radius 2 is 1.58 bits per heavy atom. The molecule has 2 rings (SSSR count). The number of rotatable bonds is 16. The number of aliphatic carboxylic acids is 2. The highest BCUT2D eigenvalue weighted by Gasteiger charge is 2.31. The Bertz CT molecular complexity index is 1080. The number of carbonyl (C=O) groups is 5. The highest BCUT2D eigenvalue weighted by atomic mass is 32.2. The van der Waals surface area contributed by atoms with E-state index in [1.807, 2.05) is 6.26 Å². The maximum Gasteiger partial charge on any atom is 0.326 e. The molecule has 0 saturated heterocycles. The van der Waals surface area contributed by atoms with E-state index in [1.165, 1.54) is 24.3 Å². The molecule has 4 unspecified atom stereocenters. The summed E-state index contributed by atoms with van der Waals surface area (Å²) in [6, 6.07) is 3.86. The quantitative estimate of drug-likeness (QED) is 0.140. The van der Waals surface area contributed by atoms with Gasteiger partial charge < -0.3 is 36.9 Å². The summed E-state index contributed by atoms with van der Waals surface area (Å²) in [6.45, 7) is 0. The molecule has 13 nitrogen and oxygen atoms in total. The van der Waals surface area contributed by atoms with Crippen molar-refractivity contribution in [3.63, 3.8) is 0 Å². The van der Waals surface area contributed by atoms with Crippen LogP contribution in [0.25, 0.3) is 0 Å². The van der Waals surface area contributed by atoms with E-state index < -0.39 is 60.2 Å². The van der Waals surface area contributed by atoms with Crippen LogP contribution in [0.5, 0.6) is 0 Å². The molecule has 0 aliphatic carbocycles. The van der Waals surface area contributed by atoms with E-state index in [2.05, 4.69) is 25.9 Å². The third-order valence-electron chi connectivity index (χ3n) is 5.48. The van der Waals surface area contributed by atoms with E-state index in [9.17, 15) is 29.1 Å². The Kier molecular flexibility index (Phi) is 12.3. The van der Waals surface area contributed by atoms with Crippen molar-refractivity contribution in [1.82, 2.24) is 25.9 Å². The molecule has 2 aromatic rings. The van der Waals surface area contributed by atoms with Crippen LogP contribution >= 0.6 is 11.8 Å². The summed E-state index contributed by atoms with van der Waals surface area (Å²) in [5, 5.41) is 26.1. The van der Waals surface area contributed by atoms with Crippen LogP contribution in [0.4, 0.5) is 0 Å². The Labute approximate surface area is 223 Å². The Morgan fingerprint density at radius 1 is 0.947 bits per heavy atom. The van der Waals surface area contributed by atoms with Gasteiger partial charge in [0.15, 0.2) is 0 Å². The number of nitrogens with one attached hydrogen (secondary N) is 4. The normalized spacial score (nSPS) is 13.9. The molecule has 1 heterocycles. The summed E-state index contributed by atoms with van der Waals surface area (Å²) in [5.74, 6) is -4.30. The number of benzene rings is 1. The molecular formula is C24H32N6O7S. The van der Waals surface area contributed by atoms with Crippen molar-refractivity contribution >= 4 is 41.4 Å². The van der Waals surface area contributed by atoms with Gasteiger partial charge in [0.25, 0.3) is 0 Å². The number of H-pyrrole nitrogens is 1. The lowest BCUT2D eigenvalue weighted by Crippen LogP contribution is -2.58. The minimum atomic E-state index is -1.39. The molecule has 8 N–H and O–H groups in total. The SMILES string of the molecule is CSCCC(NC(=O)C(Cc1cnc[nH]1)NC(=O)C(N)CC(=O)O)C(=O)NC(Cc1ccccc1)C(=O)O. The van der Waals surface area contributed by atoms with Gasteiger partial charge in [-0.3, -0.25) is 19.2 Å². The first-order chi connectivity index (χ1) is 18.1. The summed E-state index contributed by atoms with van der Waals surface area (Å²) in [5.41, 5.74) is 6.84. The third kappa shape index (κ3) is 10.2. The van der Waals surface area contributed by atoms with E-state index in [0.717, 1.165) is 0 Å². The summed E-state index contributed by atoms with van der Waals surface area (Å²) in [7, 11) is 0. The number of carboxylic acid groups (broad SMARTS) is 2. The molecule has 0 aliphatic heterocycles. The number of hydrogen-bond acceptors (Lipinski definition) is 8. The first kappa shape index (κ1) is 30.3. The lowest BCUT2D eigenvalue weighted by Gasteiger charge is -2.25. The maximum atomic E-state index is 13.2. The number of hydrogen-bond donors (Lipinski definition) is 7. The lowest BCUT2D eigenvalue weighted by molar-refractivity contribution is -0.142. The number of nitrogens with two attached hydrogens (primary N) is 1. The summed E-state index contributed by atoms with van der Waals surface area (Å²) in [4.78, 5) is 68.2. The molecule has 0 spiro atoms. The predicted molar refractivity (Wildman–Crippen MR) is 139 cm³/mol. The van der Waals surface area contributed by atoms with E-state index in [1.54, 1.807) is 30.3 Å². The molecule has 0 saturated carbocycles. The number of aromatic amines is 1. The van der Waals surface area contributed by atoms with Gasteiger partial charge >= 0.3 is 11.9 Å². The second-order valence-corrected chi connectivity index (χ2v) is 9.46. The molecule has 1 aromatic carbocycles. The van der Waals surface area contributed by atoms with Crippen LogP contribution in [0.1, 0.15) is 24.1 Å². The molecule has 3 amide bonds.